The Morgan fingerprint density at radius 2 is 1.75 bits per heavy atom. The van der Waals surface area contributed by atoms with Crippen LogP contribution in [-0.4, -0.2) is 11.8 Å². The van der Waals surface area contributed by atoms with Gasteiger partial charge in [0.05, 0.1) is 6.42 Å². The number of hydrogen-bond donors (Lipinski definition) is 0. The second-order valence-corrected chi connectivity index (χ2v) is 5.22. The quantitative estimate of drug-likeness (QED) is 0.592. The summed E-state index contributed by atoms with van der Waals surface area (Å²) in [5.41, 5.74) is 1.30. The molecular weight excluding hydrogens is 314 g/mol. The zero-order valence-corrected chi connectivity index (χ0v) is 13.1. The van der Waals surface area contributed by atoms with Gasteiger partial charge in [-0.3, -0.25) is 9.59 Å². The molecule has 0 aliphatic rings. The first-order valence-corrected chi connectivity index (χ1v) is 7.32. The number of Topliss-reactive ketones (excluding diaryl/α,β-unsaturated/α-hetero) is 1. The van der Waals surface area contributed by atoms with Gasteiger partial charge in [0.2, 0.25) is 0 Å². The van der Waals surface area contributed by atoms with E-state index in [-0.39, 0.29) is 24.4 Å². The highest BCUT2D eigenvalue weighted by molar-refractivity contribution is 6.01. The van der Waals surface area contributed by atoms with Gasteiger partial charge in [0, 0.05) is 5.57 Å². The highest BCUT2D eigenvalue weighted by atomic mass is 19.2. The van der Waals surface area contributed by atoms with Crippen LogP contribution in [0.2, 0.25) is 0 Å². The normalized spacial score (nSPS) is 11.2. The van der Waals surface area contributed by atoms with E-state index in [1.807, 2.05) is 30.3 Å². The molecule has 24 heavy (non-hydrogen) atoms. The van der Waals surface area contributed by atoms with Crippen molar-refractivity contribution in [2.24, 2.45) is 0 Å². The zero-order valence-electron chi connectivity index (χ0n) is 13.1. The summed E-state index contributed by atoms with van der Waals surface area (Å²) in [6, 6.07) is 12.4. The molecule has 0 aliphatic carbocycles. The number of ketones is 1. The fraction of sp³-hybridized carbons (Fsp3) is 0.158. The molecule has 0 heterocycles. The van der Waals surface area contributed by atoms with Crippen molar-refractivity contribution in [1.29, 1.82) is 0 Å². The molecule has 3 nitrogen and oxygen atoms in total. The maximum absolute atomic E-state index is 13.2. The van der Waals surface area contributed by atoms with Crippen LogP contribution in [0.25, 0.3) is 6.08 Å². The Morgan fingerprint density at radius 1 is 1.04 bits per heavy atom. The first-order chi connectivity index (χ1) is 11.5. The Balaban J connectivity index is 2.04. The average molecular weight is 330 g/mol. The smallest absolute Gasteiger partial charge is 0.310 e. The van der Waals surface area contributed by atoms with E-state index in [1.165, 1.54) is 19.1 Å². The second kappa shape index (κ2) is 8.15. The fourth-order valence-corrected chi connectivity index (χ4v) is 2.03. The second-order valence-electron chi connectivity index (χ2n) is 5.22. The molecule has 0 spiro atoms. The third kappa shape index (κ3) is 5.12. The number of ether oxygens (including phenoxy) is 1. The van der Waals surface area contributed by atoms with E-state index in [0.717, 1.165) is 17.7 Å². The summed E-state index contributed by atoms with van der Waals surface area (Å²) in [5.74, 6) is -2.89. The molecule has 0 fully saturated rings. The van der Waals surface area contributed by atoms with Crippen LogP contribution in [0.3, 0.4) is 0 Å². The van der Waals surface area contributed by atoms with Crippen LogP contribution < -0.4 is 0 Å². The lowest BCUT2D eigenvalue weighted by molar-refractivity contribution is -0.144. The van der Waals surface area contributed by atoms with Crippen molar-refractivity contribution in [2.75, 3.05) is 0 Å². The van der Waals surface area contributed by atoms with Gasteiger partial charge in [-0.15, -0.1) is 0 Å². The van der Waals surface area contributed by atoms with Crippen molar-refractivity contribution in [2.45, 2.75) is 20.0 Å². The van der Waals surface area contributed by atoms with Crippen molar-refractivity contribution < 1.29 is 23.1 Å². The third-order valence-corrected chi connectivity index (χ3v) is 3.31. The number of esters is 1. The molecule has 0 saturated carbocycles. The van der Waals surface area contributed by atoms with Crippen molar-refractivity contribution in [3.05, 3.63) is 76.9 Å². The van der Waals surface area contributed by atoms with Crippen molar-refractivity contribution in [1.82, 2.24) is 0 Å². The van der Waals surface area contributed by atoms with Crippen LogP contribution in [-0.2, 0) is 20.9 Å². The number of halogens is 2. The summed E-state index contributed by atoms with van der Waals surface area (Å²) in [4.78, 5) is 23.6. The SMILES string of the molecule is CC(=O)C(=Cc1ccc(F)c(F)c1)CC(=O)OCc1ccccc1. The van der Waals surface area contributed by atoms with E-state index in [4.69, 9.17) is 4.74 Å². The molecule has 0 unspecified atom stereocenters. The van der Waals surface area contributed by atoms with Crippen LogP contribution in [0.15, 0.2) is 54.1 Å². The topological polar surface area (TPSA) is 43.4 Å². The van der Waals surface area contributed by atoms with Gasteiger partial charge in [0.25, 0.3) is 0 Å². The summed E-state index contributed by atoms with van der Waals surface area (Å²) in [6.45, 7) is 1.41. The van der Waals surface area contributed by atoms with E-state index in [1.54, 1.807) is 0 Å². The Labute approximate surface area is 138 Å². The number of rotatable bonds is 6. The number of carbonyl (C=O) groups excluding carboxylic acids is 2. The van der Waals surface area contributed by atoms with Gasteiger partial charge < -0.3 is 4.74 Å². The van der Waals surface area contributed by atoms with Crippen LogP contribution in [0.1, 0.15) is 24.5 Å². The highest BCUT2D eigenvalue weighted by Crippen LogP contribution is 2.15. The van der Waals surface area contributed by atoms with Crippen molar-refractivity contribution >= 4 is 17.8 Å². The lowest BCUT2D eigenvalue weighted by atomic mass is 10.0. The summed E-state index contributed by atoms with van der Waals surface area (Å²) in [5, 5.41) is 0. The molecule has 0 radical (unpaired) electrons. The van der Waals surface area contributed by atoms with Crippen molar-refractivity contribution in [3.63, 3.8) is 0 Å². The summed E-state index contributed by atoms with van der Waals surface area (Å²) < 4.78 is 31.3. The largest absolute Gasteiger partial charge is 0.461 e. The number of carbonyl (C=O) groups is 2. The molecule has 0 aliphatic heterocycles. The van der Waals surface area contributed by atoms with E-state index in [2.05, 4.69) is 0 Å². The highest BCUT2D eigenvalue weighted by Gasteiger charge is 2.12. The summed E-state index contributed by atoms with van der Waals surface area (Å²) >= 11 is 0. The molecule has 5 heteroatoms. The predicted octanol–water partition coefficient (Wildman–Crippen LogP) is 4.07. The van der Waals surface area contributed by atoms with Crippen LogP contribution >= 0.6 is 0 Å². The minimum atomic E-state index is -1.02. The standard InChI is InChI=1S/C19H16F2O3/c1-13(22)16(9-15-7-8-17(20)18(21)10-15)11-19(23)24-12-14-5-3-2-4-6-14/h2-10H,11-12H2,1H3. The molecule has 0 bridgehead atoms. The Hall–Kier alpha value is -2.82. The first kappa shape index (κ1) is 17.5. The fourth-order valence-electron chi connectivity index (χ4n) is 2.03. The van der Waals surface area contributed by atoms with E-state index in [0.29, 0.717) is 5.56 Å². The van der Waals surface area contributed by atoms with Crippen LogP contribution in [0, 0.1) is 11.6 Å². The molecule has 2 aromatic carbocycles. The zero-order chi connectivity index (χ0) is 17.5. The Kier molecular flexibility index (Phi) is 5.95. The molecule has 2 rings (SSSR count). The van der Waals surface area contributed by atoms with E-state index in [9.17, 15) is 18.4 Å². The minimum absolute atomic E-state index is 0.107. The first-order valence-electron chi connectivity index (χ1n) is 7.32. The molecule has 124 valence electrons. The minimum Gasteiger partial charge on any atom is -0.461 e. The maximum atomic E-state index is 13.2. The van der Waals surface area contributed by atoms with Gasteiger partial charge in [-0.05, 0) is 36.3 Å². The maximum Gasteiger partial charge on any atom is 0.310 e. The van der Waals surface area contributed by atoms with Gasteiger partial charge in [-0.1, -0.05) is 36.4 Å². The molecule has 0 amide bonds. The van der Waals surface area contributed by atoms with Gasteiger partial charge >= 0.3 is 5.97 Å². The number of hydrogen-bond acceptors (Lipinski definition) is 3. The van der Waals surface area contributed by atoms with Gasteiger partial charge in [-0.25, -0.2) is 8.78 Å². The molecule has 2 aromatic rings. The molecule has 0 N–H and O–H groups in total. The monoisotopic (exact) mass is 330 g/mol. The lowest BCUT2D eigenvalue weighted by Gasteiger charge is -2.07. The van der Waals surface area contributed by atoms with Gasteiger partial charge in [0.1, 0.15) is 6.61 Å². The molecular formula is C19H16F2O3. The van der Waals surface area contributed by atoms with Gasteiger partial charge in [0.15, 0.2) is 17.4 Å². The van der Waals surface area contributed by atoms with Crippen molar-refractivity contribution in [3.8, 4) is 0 Å². The molecule has 0 aromatic heterocycles. The predicted molar refractivity (Wildman–Crippen MR) is 85.9 cm³/mol. The average Bonchev–Trinajstić information content (AvgIpc) is 2.56. The molecule has 0 saturated heterocycles. The van der Waals surface area contributed by atoms with Crippen LogP contribution in [0.5, 0.6) is 0 Å². The third-order valence-electron chi connectivity index (χ3n) is 3.31. The van der Waals surface area contributed by atoms with E-state index < -0.39 is 17.6 Å². The van der Waals surface area contributed by atoms with Crippen LogP contribution in [0.4, 0.5) is 8.78 Å². The Bertz CT molecular complexity index is 767. The molecule has 0 atom stereocenters. The van der Waals surface area contributed by atoms with Gasteiger partial charge in [-0.2, -0.15) is 0 Å². The Morgan fingerprint density at radius 3 is 2.38 bits per heavy atom. The summed E-state index contributed by atoms with van der Waals surface area (Å²) in [7, 11) is 0. The lowest BCUT2D eigenvalue weighted by Crippen LogP contribution is -2.09. The van der Waals surface area contributed by atoms with E-state index >= 15 is 0 Å². The number of benzene rings is 2. The summed E-state index contributed by atoms with van der Waals surface area (Å²) in [6.07, 6.45) is 1.12.